The van der Waals surface area contributed by atoms with E-state index in [-0.39, 0.29) is 24.4 Å². The number of nitrogens with zero attached hydrogens (tertiary/aromatic N) is 1. The minimum atomic E-state index is -0.453. The summed E-state index contributed by atoms with van der Waals surface area (Å²) in [4.78, 5) is 25.4. The van der Waals surface area contributed by atoms with Crippen molar-refractivity contribution < 1.29 is 14.3 Å². The SMILES string of the molecule is NC(CN1C(=O)C2CCC(O2)C1=O)c1ccccc1. The number of likely N-dealkylation sites (tertiary alicyclic amines) is 1. The fourth-order valence-electron chi connectivity index (χ4n) is 2.64. The van der Waals surface area contributed by atoms with Crippen LogP contribution in [0.2, 0.25) is 0 Å². The van der Waals surface area contributed by atoms with Gasteiger partial charge in [-0.3, -0.25) is 14.5 Å². The summed E-state index contributed by atoms with van der Waals surface area (Å²) in [5.41, 5.74) is 6.99. The molecular formula is C14H16N2O3. The third-order valence-electron chi connectivity index (χ3n) is 3.71. The zero-order valence-electron chi connectivity index (χ0n) is 10.5. The maximum absolute atomic E-state index is 12.1. The Morgan fingerprint density at radius 3 is 2.32 bits per heavy atom. The molecule has 3 unspecified atom stereocenters. The lowest BCUT2D eigenvalue weighted by Crippen LogP contribution is -2.53. The monoisotopic (exact) mass is 260 g/mol. The molecule has 0 spiro atoms. The van der Waals surface area contributed by atoms with Crippen LogP contribution < -0.4 is 5.73 Å². The Bertz CT molecular complexity index is 481. The van der Waals surface area contributed by atoms with Gasteiger partial charge in [-0.05, 0) is 18.4 Å². The average molecular weight is 260 g/mol. The van der Waals surface area contributed by atoms with Crippen molar-refractivity contribution in [1.82, 2.24) is 4.90 Å². The molecule has 2 aliphatic rings. The van der Waals surface area contributed by atoms with Crippen molar-refractivity contribution in [3.8, 4) is 0 Å². The molecular weight excluding hydrogens is 244 g/mol. The largest absolute Gasteiger partial charge is 0.355 e. The number of amides is 2. The van der Waals surface area contributed by atoms with Gasteiger partial charge >= 0.3 is 0 Å². The molecule has 0 radical (unpaired) electrons. The molecule has 2 heterocycles. The predicted octanol–water partition coefficient (Wildman–Crippen LogP) is 0.603. The summed E-state index contributed by atoms with van der Waals surface area (Å²) in [5.74, 6) is -0.490. The van der Waals surface area contributed by atoms with Crippen LogP contribution in [0.3, 0.4) is 0 Å². The summed E-state index contributed by atoms with van der Waals surface area (Å²) < 4.78 is 5.36. The highest BCUT2D eigenvalue weighted by Gasteiger charge is 2.46. The Balaban J connectivity index is 1.76. The molecule has 3 rings (SSSR count). The van der Waals surface area contributed by atoms with Crippen LogP contribution in [0.1, 0.15) is 24.4 Å². The van der Waals surface area contributed by atoms with Crippen LogP contribution in [0.4, 0.5) is 0 Å². The van der Waals surface area contributed by atoms with E-state index in [1.165, 1.54) is 4.90 Å². The molecule has 0 saturated carbocycles. The van der Waals surface area contributed by atoms with E-state index in [2.05, 4.69) is 0 Å². The van der Waals surface area contributed by atoms with Gasteiger partial charge in [0.25, 0.3) is 11.8 Å². The number of hydrogen-bond acceptors (Lipinski definition) is 4. The van der Waals surface area contributed by atoms with Crippen molar-refractivity contribution in [3.05, 3.63) is 35.9 Å². The minimum Gasteiger partial charge on any atom is -0.355 e. The van der Waals surface area contributed by atoms with Crippen LogP contribution in [-0.2, 0) is 14.3 Å². The first kappa shape index (κ1) is 12.3. The lowest BCUT2D eigenvalue weighted by Gasteiger charge is -2.31. The molecule has 2 saturated heterocycles. The summed E-state index contributed by atoms with van der Waals surface area (Å²) in [6.45, 7) is 0.220. The third kappa shape index (κ3) is 2.15. The first-order valence-electron chi connectivity index (χ1n) is 6.48. The van der Waals surface area contributed by atoms with Crippen molar-refractivity contribution in [3.63, 3.8) is 0 Å². The number of ether oxygens (including phenoxy) is 1. The van der Waals surface area contributed by atoms with Crippen LogP contribution >= 0.6 is 0 Å². The van der Waals surface area contributed by atoms with Crippen molar-refractivity contribution in [2.24, 2.45) is 5.73 Å². The number of rotatable bonds is 3. The van der Waals surface area contributed by atoms with Gasteiger partial charge in [-0.25, -0.2) is 0 Å². The molecule has 0 aromatic heterocycles. The molecule has 100 valence electrons. The number of carbonyl (C=O) groups is 2. The van der Waals surface area contributed by atoms with Gasteiger partial charge in [0.1, 0.15) is 12.2 Å². The van der Waals surface area contributed by atoms with E-state index < -0.39 is 12.2 Å². The van der Waals surface area contributed by atoms with Crippen molar-refractivity contribution in [1.29, 1.82) is 0 Å². The second kappa shape index (κ2) is 4.75. The van der Waals surface area contributed by atoms with Crippen LogP contribution in [0.25, 0.3) is 0 Å². The van der Waals surface area contributed by atoms with Crippen molar-refractivity contribution in [2.45, 2.75) is 31.1 Å². The fourth-order valence-corrected chi connectivity index (χ4v) is 2.64. The molecule has 19 heavy (non-hydrogen) atoms. The first-order chi connectivity index (χ1) is 9.16. The minimum absolute atomic E-state index is 0.220. The summed E-state index contributed by atoms with van der Waals surface area (Å²) in [5, 5.41) is 0. The van der Waals surface area contributed by atoms with Crippen molar-refractivity contribution >= 4 is 11.8 Å². The normalized spacial score (nSPS) is 27.7. The average Bonchev–Trinajstić information content (AvgIpc) is 2.89. The smallest absolute Gasteiger partial charge is 0.258 e. The predicted molar refractivity (Wildman–Crippen MR) is 68.0 cm³/mol. The Labute approximate surface area is 111 Å². The third-order valence-corrected chi connectivity index (χ3v) is 3.71. The molecule has 3 atom stereocenters. The molecule has 2 aliphatic heterocycles. The van der Waals surface area contributed by atoms with Crippen LogP contribution in [0, 0.1) is 0 Å². The molecule has 2 amide bonds. The van der Waals surface area contributed by atoms with E-state index >= 15 is 0 Å². The molecule has 5 heteroatoms. The van der Waals surface area contributed by atoms with Crippen LogP contribution in [0.15, 0.2) is 30.3 Å². The van der Waals surface area contributed by atoms with Gasteiger partial charge in [0, 0.05) is 12.6 Å². The van der Waals surface area contributed by atoms with Gasteiger partial charge in [0.15, 0.2) is 0 Å². The number of nitrogens with two attached hydrogens (primary N) is 1. The Morgan fingerprint density at radius 1 is 1.16 bits per heavy atom. The highest BCUT2D eigenvalue weighted by molar-refractivity contribution is 6.02. The summed E-state index contributed by atoms with van der Waals surface area (Å²) >= 11 is 0. The van der Waals surface area contributed by atoms with E-state index in [0.29, 0.717) is 12.8 Å². The van der Waals surface area contributed by atoms with E-state index in [0.717, 1.165) is 5.56 Å². The quantitative estimate of drug-likeness (QED) is 0.808. The number of hydrogen-bond donors (Lipinski definition) is 1. The lowest BCUT2D eigenvalue weighted by molar-refractivity contribution is -0.168. The van der Waals surface area contributed by atoms with E-state index in [1.54, 1.807) is 0 Å². The molecule has 2 bridgehead atoms. The van der Waals surface area contributed by atoms with Crippen LogP contribution in [0.5, 0.6) is 0 Å². The first-order valence-corrected chi connectivity index (χ1v) is 6.48. The summed E-state index contributed by atoms with van der Waals surface area (Å²) in [6.07, 6.45) is 0.356. The Hall–Kier alpha value is -1.72. The number of fused-ring (bicyclic) bond motifs is 2. The van der Waals surface area contributed by atoms with E-state index in [4.69, 9.17) is 10.5 Å². The second-order valence-electron chi connectivity index (χ2n) is 4.99. The maximum atomic E-state index is 12.1. The van der Waals surface area contributed by atoms with Gasteiger partial charge in [-0.15, -0.1) is 0 Å². The van der Waals surface area contributed by atoms with Gasteiger partial charge in [0.05, 0.1) is 0 Å². The number of benzene rings is 1. The maximum Gasteiger partial charge on any atom is 0.258 e. The van der Waals surface area contributed by atoms with Gasteiger partial charge in [0.2, 0.25) is 0 Å². The van der Waals surface area contributed by atoms with Crippen molar-refractivity contribution in [2.75, 3.05) is 6.54 Å². The zero-order chi connectivity index (χ0) is 13.4. The molecule has 2 N–H and O–H groups in total. The second-order valence-corrected chi connectivity index (χ2v) is 4.99. The van der Waals surface area contributed by atoms with Gasteiger partial charge in [-0.2, -0.15) is 0 Å². The molecule has 5 nitrogen and oxygen atoms in total. The molecule has 1 aromatic rings. The number of imide groups is 1. The summed E-state index contributed by atoms with van der Waals surface area (Å²) in [7, 11) is 0. The zero-order valence-corrected chi connectivity index (χ0v) is 10.5. The molecule has 2 fully saturated rings. The van der Waals surface area contributed by atoms with Crippen LogP contribution in [-0.4, -0.2) is 35.5 Å². The Morgan fingerprint density at radius 2 is 1.74 bits per heavy atom. The highest BCUT2D eigenvalue weighted by atomic mass is 16.5. The molecule has 0 aliphatic carbocycles. The molecule has 1 aromatic carbocycles. The number of carbonyl (C=O) groups excluding carboxylic acids is 2. The van der Waals surface area contributed by atoms with E-state index in [9.17, 15) is 9.59 Å². The lowest BCUT2D eigenvalue weighted by atomic mass is 10.1. The van der Waals surface area contributed by atoms with Gasteiger partial charge < -0.3 is 10.5 Å². The Kier molecular flexibility index (Phi) is 3.08. The number of morpholine rings is 1. The topological polar surface area (TPSA) is 72.6 Å². The standard InChI is InChI=1S/C14H16N2O3/c15-10(9-4-2-1-3-5-9)8-16-13(17)11-6-7-12(19-11)14(16)18/h1-5,10-12H,6-8,15H2. The fraction of sp³-hybridized carbons (Fsp3) is 0.429. The highest BCUT2D eigenvalue weighted by Crippen LogP contribution is 2.29. The van der Waals surface area contributed by atoms with E-state index in [1.807, 2.05) is 30.3 Å². The van der Waals surface area contributed by atoms with Gasteiger partial charge in [-0.1, -0.05) is 30.3 Å². The summed E-state index contributed by atoms with van der Waals surface area (Å²) in [6, 6.07) is 9.13.